The molecule has 0 aliphatic carbocycles. The number of nitrogens with zero attached hydrogens (tertiary/aromatic N) is 1. The predicted molar refractivity (Wildman–Crippen MR) is 54.5 cm³/mol. The molecule has 0 spiro atoms. The Bertz CT molecular complexity index is 397. The summed E-state index contributed by atoms with van der Waals surface area (Å²) in [5, 5.41) is 1.65. The van der Waals surface area contributed by atoms with Gasteiger partial charge in [0.2, 0.25) is 5.91 Å². The van der Waals surface area contributed by atoms with Crippen LogP contribution in [0.15, 0.2) is 18.2 Å². The molecular formula is C10H10ClFN2O. The molecule has 3 nitrogen and oxygen atoms in total. The first-order valence-corrected chi connectivity index (χ1v) is 5.11. The van der Waals surface area contributed by atoms with E-state index in [1.54, 1.807) is 11.1 Å². The fourth-order valence-electron chi connectivity index (χ4n) is 1.67. The highest BCUT2D eigenvalue weighted by Crippen LogP contribution is 2.23. The van der Waals surface area contributed by atoms with Gasteiger partial charge in [0.1, 0.15) is 11.7 Å². The Morgan fingerprint density at radius 1 is 1.53 bits per heavy atom. The summed E-state index contributed by atoms with van der Waals surface area (Å²) in [6.45, 7) is 0.917. The van der Waals surface area contributed by atoms with Gasteiger partial charge in [0.05, 0.1) is 0 Å². The van der Waals surface area contributed by atoms with E-state index in [4.69, 9.17) is 11.6 Å². The molecule has 2 rings (SSSR count). The van der Waals surface area contributed by atoms with Gasteiger partial charge < -0.3 is 0 Å². The molecule has 1 aromatic carbocycles. The molecule has 1 aliphatic rings. The Hall–Kier alpha value is -1.13. The van der Waals surface area contributed by atoms with Crippen LogP contribution in [0, 0.1) is 5.82 Å². The summed E-state index contributed by atoms with van der Waals surface area (Å²) in [6.07, 6.45) is 0. The van der Waals surface area contributed by atoms with Crippen molar-refractivity contribution in [1.29, 1.82) is 0 Å². The minimum atomic E-state index is -0.273. The number of amides is 1. The van der Waals surface area contributed by atoms with Gasteiger partial charge in [-0.25, -0.2) is 9.40 Å². The molecule has 0 unspecified atom stereocenters. The van der Waals surface area contributed by atoms with E-state index in [-0.39, 0.29) is 17.6 Å². The Labute approximate surface area is 91.8 Å². The third-order valence-corrected chi connectivity index (χ3v) is 2.57. The van der Waals surface area contributed by atoms with Crippen molar-refractivity contribution < 1.29 is 9.18 Å². The molecule has 15 heavy (non-hydrogen) atoms. The molecular weight excluding hydrogens is 219 g/mol. The highest BCUT2D eigenvalue weighted by Gasteiger charge is 2.22. The summed E-state index contributed by atoms with van der Waals surface area (Å²) < 4.78 is 13.3. The van der Waals surface area contributed by atoms with Crippen LogP contribution in [0.5, 0.6) is 0 Å². The largest absolute Gasteiger partial charge is 0.287 e. The maximum Gasteiger partial charge on any atom is 0.249 e. The summed E-state index contributed by atoms with van der Waals surface area (Å²) >= 11 is 5.36. The van der Waals surface area contributed by atoms with E-state index in [0.717, 1.165) is 5.56 Å². The van der Waals surface area contributed by atoms with Gasteiger partial charge in [-0.05, 0) is 11.6 Å². The SMILES string of the molecule is O=C(CCl)NN1Cc2cccc(F)c2C1. The second-order valence-electron chi connectivity index (χ2n) is 3.40. The lowest BCUT2D eigenvalue weighted by Gasteiger charge is -2.14. The number of benzene rings is 1. The Balaban J connectivity index is 2.09. The van der Waals surface area contributed by atoms with Crippen molar-refractivity contribution in [1.82, 2.24) is 10.4 Å². The molecule has 1 aromatic rings. The second-order valence-corrected chi connectivity index (χ2v) is 3.67. The van der Waals surface area contributed by atoms with E-state index < -0.39 is 0 Å². The van der Waals surface area contributed by atoms with Crippen LogP contribution in [-0.2, 0) is 17.9 Å². The van der Waals surface area contributed by atoms with E-state index in [1.807, 2.05) is 6.07 Å². The number of rotatable bonds is 2. The summed E-state index contributed by atoms with van der Waals surface area (Å²) in [6, 6.07) is 4.94. The number of hydrogen-bond acceptors (Lipinski definition) is 2. The maximum absolute atomic E-state index is 13.3. The van der Waals surface area contributed by atoms with Crippen molar-refractivity contribution in [2.24, 2.45) is 0 Å². The van der Waals surface area contributed by atoms with Crippen molar-refractivity contribution in [2.45, 2.75) is 13.1 Å². The average Bonchev–Trinajstić information content (AvgIpc) is 2.62. The number of fused-ring (bicyclic) bond motifs is 1. The second kappa shape index (κ2) is 4.16. The number of carbonyl (C=O) groups is 1. The van der Waals surface area contributed by atoms with Crippen LogP contribution < -0.4 is 5.43 Å². The minimum Gasteiger partial charge on any atom is -0.287 e. The third kappa shape index (κ3) is 2.11. The number of halogens is 2. The van der Waals surface area contributed by atoms with Gasteiger partial charge >= 0.3 is 0 Å². The molecule has 0 atom stereocenters. The van der Waals surface area contributed by atoms with Crippen molar-refractivity contribution in [3.63, 3.8) is 0 Å². The first-order valence-electron chi connectivity index (χ1n) is 4.57. The first kappa shape index (κ1) is 10.4. The lowest BCUT2D eigenvalue weighted by molar-refractivity contribution is -0.123. The predicted octanol–water partition coefficient (Wildman–Crippen LogP) is 1.41. The van der Waals surface area contributed by atoms with Gasteiger partial charge in [-0.3, -0.25) is 10.2 Å². The molecule has 1 aliphatic heterocycles. The van der Waals surface area contributed by atoms with E-state index >= 15 is 0 Å². The summed E-state index contributed by atoms with van der Waals surface area (Å²) in [5.74, 6) is -0.588. The van der Waals surface area contributed by atoms with Crippen LogP contribution >= 0.6 is 11.6 Å². The first-order chi connectivity index (χ1) is 7.20. The maximum atomic E-state index is 13.3. The van der Waals surface area contributed by atoms with Gasteiger partial charge in [-0.2, -0.15) is 0 Å². The molecule has 1 N–H and O–H groups in total. The van der Waals surface area contributed by atoms with Gasteiger partial charge in [0.15, 0.2) is 0 Å². The fourth-order valence-corrected chi connectivity index (χ4v) is 1.73. The molecule has 80 valence electrons. The standard InChI is InChI=1S/C10H10ClFN2O/c11-4-10(15)13-14-5-7-2-1-3-9(12)8(7)6-14/h1-3H,4-6H2,(H,13,15). The lowest BCUT2D eigenvalue weighted by Crippen LogP contribution is -2.39. The van der Waals surface area contributed by atoms with Crippen LogP contribution in [0.1, 0.15) is 11.1 Å². The van der Waals surface area contributed by atoms with E-state index in [0.29, 0.717) is 18.7 Å². The quantitative estimate of drug-likeness (QED) is 0.777. The van der Waals surface area contributed by atoms with E-state index in [9.17, 15) is 9.18 Å². The zero-order valence-corrected chi connectivity index (χ0v) is 8.72. The molecule has 5 heteroatoms. The molecule has 1 amide bonds. The number of carbonyl (C=O) groups excluding carboxylic acids is 1. The van der Waals surface area contributed by atoms with Crippen molar-refractivity contribution >= 4 is 17.5 Å². The number of hydrazine groups is 1. The van der Waals surface area contributed by atoms with Crippen LogP contribution in [0.2, 0.25) is 0 Å². The normalized spacial score (nSPS) is 15.1. The number of hydrogen-bond donors (Lipinski definition) is 1. The smallest absolute Gasteiger partial charge is 0.249 e. The van der Waals surface area contributed by atoms with Crippen molar-refractivity contribution in [3.05, 3.63) is 35.1 Å². The van der Waals surface area contributed by atoms with Gasteiger partial charge in [0, 0.05) is 18.7 Å². The Morgan fingerprint density at radius 2 is 2.33 bits per heavy atom. The van der Waals surface area contributed by atoms with Gasteiger partial charge in [0.25, 0.3) is 0 Å². The zero-order valence-electron chi connectivity index (χ0n) is 7.96. The Kier molecular flexibility index (Phi) is 2.88. The minimum absolute atomic E-state index is 0.0880. The van der Waals surface area contributed by atoms with E-state index in [1.165, 1.54) is 6.07 Å². The monoisotopic (exact) mass is 228 g/mol. The van der Waals surface area contributed by atoms with Gasteiger partial charge in [-0.1, -0.05) is 12.1 Å². The molecule has 0 radical (unpaired) electrons. The molecule has 1 heterocycles. The molecule has 0 saturated carbocycles. The summed E-state index contributed by atoms with van der Waals surface area (Å²) in [5.41, 5.74) is 4.15. The average molecular weight is 229 g/mol. The third-order valence-electron chi connectivity index (χ3n) is 2.33. The van der Waals surface area contributed by atoms with Crippen LogP contribution in [0.25, 0.3) is 0 Å². The number of nitrogens with one attached hydrogen (secondary N) is 1. The summed E-state index contributed by atoms with van der Waals surface area (Å²) in [7, 11) is 0. The fraction of sp³-hybridized carbons (Fsp3) is 0.300. The molecule has 0 fully saturated rings. The highest BCUT2D eigenvalue weighted by molar-refractivity contribution is 6.27. The highest BCUT2D eigenvalue weighted by atomic mass is 35.5. The topological polar surface area (TPSA) is 32.3 Å². The molecule has 0 saturated heterocycles. The lowest BCUT2D eigenvalue weighted by atomic mass is 10.1. The van der Waals surface area contributed by atoms with E-state index in [2.05, 4.69) is 5.43 Å². The van der Waals surface area contributed by atoms with Crippen LogP contribution in [0.4, 0.5) is 4.39 Å². The van der Waals surface area contributed by atoms with Crippen LogP contribution in [0.3, 0.4) is 0 Å². The Morgan fingerprint density at radius 3 is 3.00 bits per heavy atom. The van der Waals surface area contributed by atoms with Crippen molar-refractivity contribution in [2.75, 3.05) is 5.88 Å². The zero-order chi connectivity index (χ0) is 10.8. The van der Waals surface area contributed by atoms with Crippen LogP contribution in [-0.4, -0.2) is 16.8 Å². The summed E-state index contributed by atoms with van der Waals surface area (Å²) in [4.78, 5) is 11.0. The number of alkyl halides is 1. The molecule has 0 aromatic heterocycles. The van der Waals surface area contributed by atoms with Gasteiger partial charge in [-0.15, -0.1) is 11.6 Å². The molecule has 0 bridgehead atoms. The van der Waals surface area contributed by atoms with Crippen molar-refractivity contribution in [3.8, 4) is 0 Å².